The maximum absolute atomic E-state index is 12.9. The predicted octanol–water partition coefficient (Wildman–Crippen LogP) is 0.977. The molecule has 2 amide bonds. The van der Waals surface area contributed by atoms with Gasteiger partial charge in [-0.15, -0.1) is 5.10 Å². The van der Waals surface area contributed by atoms with Crippen molar-refractivity contribution in [3.8, 4) is 0 Å². The summed E-state index contributed by atoms with van der Waals surface area (Å²) in [7, 11) is 3.99. The van der Waals surface area contributed by atoms with E-state index in [1.165, 1.54) is 0 Å². The standard InChI is InChI=1S/C20H28N6O2/c1-23-12-10-20(9-7-18(23)27)15-25(14-13-24(20)2)19(28)8-11-26-17-6-4-3-5-16(17)21-22-26/h3-6H,7-15H2,1-2H3/t20-/m1/s1. The SMILES string of the molecule is CN1CC[C@]2(CCC1=O)CN(C(=O)CCn1nnc3ccccc31)CCN2C. The van der Waals surface area contributed by atoms with Crippen LogP contribution in [-0.4, -0.2) is 87.3 Å². The van der Waals surface area contributed by atoms with Crippen LogP contribution in [-0.2, 0) is 16.1 Å². The van der Waals surface area contributed by atoms with Crippen LogP contribution in [0, 0.1) is 0 Å². The Morgan fingerprint density at radius 3 is 2.82 bits per heavy atom. The smallest absolute Gasteiger partial charge is 0.224 e. The quantitative estimate of drug-likeness (QED) is 0.789. The highest BCUT2D eigenvalue weighted by molar-refractivity contribution is 5.78. The van der Waals surface area contributed by atoms with E-state index in [1.54, 1.807) is 4.68 Å². The molecule has 4 rings (SSSR count). The maximum Gasteiger partial charge on any atom is 0.224 e. The van der Waals surface area contributed by atoms with Crippen molar-refractivity contribution in [2.45, 2.75) is 37.8 Å². The van der Waals surface area contributed by atoms with Gasteiger partial charge in [-0.1, -0.05) is 17.3 Å². The number of aryl methyl sites for hydroxylation is 1. The number of carbonyl (C=O) groups excluding carboxylic acids is 2. The lowest BCUT2D eigenvalue weighted by molar-refractivity contribution is -0.137. The molecule has 8 heteroatoms. The molecule has 0 radical (unpaired) electrons. The fraction of sp³-hybridized carbons (Fsp3) is 0.600. The van der Waals surface area contributed by atoms with Crippen molar-refractivity contribution in [2.24, 2.45) is 0 Å². The van der Waals surface area contributed by atoms with E-state index in [-0.39, 0.29) is 17.4 Å². The molecule has 8 nitrogen and oxygen atoms in total. The van der Waals surface area contributed by atoms with Crippen LogP contribution in [0.4, 0.5) is 0 Å². The molecule has 0 unspecified atom stereocenters. The second-order valence-corrected chi connectivity index (χ2v) is 8.08. The zero-order valence-electron chi connectivity index (χ0n) is 16.7. The van der Waals surface area contributed by atoms with E-state index in [9.17, 15) is 9.59 Å². The Morgan fingerprint density at radius 2 is 1.96 bits per heavy atom. The summed E-state index contributed by atoms with van der Waals surface area (Å²) in [4.78, 5) is 31.2. The molecule has 2 aliphatic rings. The van der Waals surface area contributed by atoms with Gasteiger partial charge in [-0.2, -0.15) is 0 Å². The van der Waals surface area contributed by atoms with Crippen LogP contribution in [0.15, 0.2) is 24.3 Å². The van der Waals surface area contributed by atoms with Crippen LogP contribution in [0.25, 0.3) is 11.0 Å². The van der Waals surface area contributed by atoms with Gasteiger partial charge in [0.05, 0.1) is 12.1 Å². The summed E-state index contributed by atoms with van der Waals surface area (Å²) in [5.41, 5.74) is 1.70. The molecule has 0 aliphatic carbocycles. The molecule has 2 aliphatic heterocycles. The Bertz CT molecular complexity index is 880. The zero-order chi connectivity index (χ0) is 19.7. The lowest BCUT2D eigenvalue weighted by Gasteiger charge is -2.49. The number of nitrogens with zero attached hydrogens (tertiary/aromatic N) is 6. The van der Waals surface area contributed by atoms with E-state index in [2.05, 4.69) is 22.3 Å². The monoisotopic (exact) mass is 384 g/mol. The topological polar surface area (TPSA) is 74.6 Å². The summed E-state index contributed by atoms with van der Waals surface area (Å²) in [5, 5.41) is 8.34. The predicted molar refractivity (Wildman–Crippen MR) is 106 cm³/mol. The first-order valence-electron chi connectivity index (χ1n) is 10.00. The summed E-state index contributed by atoms with van der Waals surface area (Å²) in [5.74, 6) is 0.350. The number of aromatic nitrogens is 3. The lowest BCUT2D eigenvalue weighted by atomic mass is 9.86. The molecule has 28 heavy (non-hydrogen) atoms. The van der Waals surface area contributed by atoms with E-state index < -0.39 is 0 Å². The third kappa shape index (κ3) is 3.48. The minimum Gasteiger partial charge on any atom is -0.346 e. The van der Waals surface area contributed by atoms with Crippen LogP contribution in [0.2, 0.25) is 0 Å². The number of likely N-dealkylation sites (N-methyl/N-ethyl adjacent to an activating group) is 1. The number of likely N-dealkylation sites (tertiary alicyclic amines) is 1. The van der Waals surface area contributed by atoms with Gasteiger partial charge in [-0.25, -0.2) is 4.68 Å². The van der Waals surface area contributed by atoms with Gasteiger partial charge < -0.3 is 9.80 Å². The van der Waals surface area contributed by atoms with Crippen LogP contribution in [0.1, 0.15) is 25.7 Å². The van der Waals surface area contributed by atoms with Crippen molar-refractivity contribution in [1.82, 2.24) is 29.7 Å². The Labute approximate surface area is 165 Å². The average Bonchev–Trinajstić information content (AvgIpc) is 3.07. The highest BCUT2D eigenvalue weighted by Gasteiger charge is 2.42. The van der Waals surface area contributed by atoms with Gasteiger partial charge in [0.2, 0.25) is 11.8 Å². The second-order valence-electron chi connectivity index (χ2n) is 8.08. The molecule has 2 fully saturated rings. The summed E-state index contributed by atoms with van der Waals surface area (Å²) in [6.45, 7) is 3.55. The van der Waals surface area contributed by atoms with Gasteiger partial charge >= 0.3 is 0 Å². The van der Waals surface area contributed by atoms with Crippen molar-refractivity contribution in [3.05, 3.63) is 24.3 Å². The van der Waals surface area contributed by atoms with Crippen LogP contribution < -0.4 is 0 Å². The number of carbonyl (C=O) groups is 2. The van der Waals surface area contributed by atoms with Gasteiger partial charge in [0, 0.05) is 51.6 Å². The lowest BCUT2D eigenvalue weighted by Crippen LogP contribution is -2.62. The summed E-state index contributed by atoms with van der Waals surface area (Å²) >= 11 is 0. The first-order chi connectivity index (χ1) is 13.5. The fourth-order valence-electron chi connectivity index (χ4n) is 4.41. The zero-order valence-corrected chi connectivity index (χ0v) is 16.7. The number of fused-ring (bicyclic) bond motifs is 1. The van der Waals surface area contributed by atoms with Gasteiger partial charge in [0.1, 0.15) is 5.52 Å². The van der Waals surface area contributed by atoms with Crippen molar-refractivity contribution in [1.29, 1.82) is 0 Å². The molecule has 2 aromatic rings. The van der Waals surface area contributed by atoms with Crippen LogP contribution in [0.5, 0.6) is 0 Å². The number of rotatable bonds is 3. The molecular formula is C20H28N6O2. The van der Waals surface area contributed by atoms with E-state index in [4.69, 9.17) is 0 Å². The number of amides is 2. The summed E-state index contributed by atoms with van der Waals surface area (Å²) in [6.07, 6.45) is 2.67. The Balaban J connectivity index is 1.42. The van der Waals surface area contributed by atoms with Crippen molar-refractivity contribution in [2.75, 3.05) is 40.3 Å². The number of hydrogen-bond acceptors (Lipinski definition) is 5. The molecule has 1 spiro atoms. The average molecular weight is 384 g/mol. The highest BCUT2D eigenvalue weighted by atomic mass is 16.2. The number of benzene rings is 1. The second kappa shape index (κ2) is 7.50. The minimum atomic E-state index is -0.103. The summed E-state index contributed by atoms with van der Waals surface area (Å²) in [6, 6.07) is 7.79. The molecule has 1 aromatic carbocycles. The highest BCUT2D eigenvalue weighted by Crippen LogP contribution is 2.32. The fourth-order valence-corrected chi connectivity index (χ4v) is 4.41. The van der Waals surface area contributed by atoms with E-state index >= 15 is 0 Å². The van der Waals surface area contributed by atoms with Crippen molar-refractivity contribution < 1.29 is 9.59 Å². The molecule has 0 N–H and O–H groups in total. The van der Waals surface area contributed by atoms with Crippen molar-refractivity contribution in [3.63, 3.8) is 0 Å². The Hall–Kier alpha value is -2.48. The van der Waals surface area contributed by atoms with Gasteiger partial charge in [0.15, 0.2) is 0 Å². The minimum absolute atomic E-state index is 0.103. The van der Waals surface area contributed by atoms with Crippen LogP contribution >= 0.6 is 0 Å². The molecule has 1 atom stereocenters. The molecule has 1 aromatic heterocycles. The first-order valence-corrected chi connectivity index (χ1v) is 10.00. The third-order valence-corrected chi connectivity index (χ3v) is 6.45. The molecular weight excluding hydrogens is 356 g/mol. The third-order valence-electron chi connectivity index (χ3n) is 6.45. The Morgan fingerprint density at radius 1 is 1.14 bits per heavy atom. The molecule has 0 saturated carbocycles. The molecule has 150 valence electrons. The maximum atomic E-state index is 12.9. The normalized spacial score (nSPS) is 24.1. The molecule has 0 bridgehead atoms. The molecule has 3 heterocycles. The van der Waals surface area contributed by atoms with Gasteiger partial charge in [-0.3, -0.25) is 14.5 Å². The number of piperazine rings is 1. The summed E-state index contributed by atoms with van der Waals surface area (Å²) < 4.78 is 1.80. The van der Waals surface area contributed by atoms with Crippen molar-refractivity contribution >= 4 is 22.8 Å². The number of hydrogen-bond donors (Lipinski definition) is 0. The van der Waals surface area contributed by atoms with E-state index in [0.29, 0.717) is 25.9 Å². The van der Waals surface area contributed by atoms with Gasteiger partial charge in [0.25, 0.3) is 0 Å². The van der Waals surface area contributed by atoms with Gasteiger partial charge in [-0.05, 0) is 32.0 Å². The van der Waals surface area contributed by atoms with Crippen LogP contribution in [0.3, 0.4) is 0 Å². The van der Waals surface area contributed by atoms with E-state index in [0.717, 1.165) is 43.5 Å². The van der Waals surface area contributed by atoms with E-state index in [1.807, 2.05) is 41.1 Å². The number of para-hydroxylation sites is 1. The largest absolute Gasteiger partial charge is 0.346 e. The molecule has 2 saturated heterocycles. The Kier molecular flexibility index (Phi) is 5.05. The first kappa shape index (κ1) is 18.9.